The van der Waals surface area contributed by atoms with Gasteiger partial charge in [0.1, 0.15) is 11.5 Å². The smallest absolute Gasteiger partial charge is 0.278 e. The highest BCUT2D eigenvalue weighted by Crippen LogP contribution is 2.18. The largest absolute Gasteiger partial charge is 0.463 e. The van der Waals surface area contributed by atoms with Crippen molar-refractivity contribution in [3.63, 3.8) is 0 Å². The van der Waals surface area contributed by atoms with Gasteiger partial charge in [0.15, 0.2) is 11.5 Å². The van der Waals surface area contributed by atoms with E-state index in [0.717, 1.165) is 12.2 Å². The van der Waals surface area contributed by atoms with Gasteiger partial charge in [-0.05, 0) is 18.1 Å². The molecule has 0 aliphatic heterocycles. The molecule has 0 radical (unpaired) electrons. The average Bonchev–Trinajstić information content (AvgIpc) is 3.19. The van der Waals surface area contributed by atoms with Crippen LogP contribution in [0.25, 0.3) is 11.5 Å². The van der Waals surface area contributed by atoms with Crippen LogP contribution in [0.15, 0.2) is 28.9 Å². The van der Waals surface area contributed by atoms with Crippen LogP contribution in [0.3, 0.4) is 0 Å². The molecule has 0 unspecified atom stereocenters. The SMILES string of the molecule is CC(C)Cc1nc(NC(=O)c2cc(-c3ccco3)[nH]n2)n[nH]1. The fourth-order valence-electron chi connectivity index (χ4n) is 1.99. The Balaban J connectivity index is 1.68. The summed E-state index contributed by atoms with van der Waals surface area (Å²) in [7, 11) is 0. The first kappa shape index (κ1) is 14.1. The molecule has 3 N–H and O–H groups in total. The summed E-state index contributed by atoms with van der Waals surface area (Å²) in [6, 6.07) is 5.15. The van der Waals surface area contributed by atoms with Crippen molar-refractivity contribution in [1.29, 1.82) is 0 Å². The van der Waals surface area contributed by atoms with Crippen LogP contribution in [0.1, 0.15) is 30.2 Å². The van der Waals surface area contributed by atoms with Gasteiger partial charge in [0.25, 0.3) is 5.91 Å². The number of anilines is 1. The van der Waals surface area contributed by atoms with Crippen molar-refractivity contribution in [1.82, 2.24) is 25.4 Å². The van der Waals surface area contributed by atoms with Crippen molar-refractivity contribution in [3.8, 4) is 11.5 Å². The topological polar surface area (TPSA) is 112 Å². The van der Waals surface area contributed by atoms with E-state index in [9.17, 15) is 4.79 Å². The first-order valence-corrected chi connectivity index (χ1v) is 6.93. The van der Waals surface area contributed by atoms with Gasteiger partial charge in [-0.3, -0.25) is 20.3 Å². The number of carbonyl (C=O) groups excluding carboxylic acids is 1. The minimum atomic E-state index is -0.385. The van der Waals surface area contributed by atoms with Crippen molar-refractivity contribution < 1.29 is 9.21 Å². The molecule has 114 valence electrons. The lowest BCUT2D eigenvalue weighted by Crippen LogP contribution is -2.13. The lowest BCUT2D eigenvalue weighted by molar-refractivity contribution is 0.102. The molecule has 0 aromatic carbocycles. The van der Waals surface area contributed by atoms with E-state index in [-0.39, 0.29) is 17.5 Å². The zero-order valence-corrected chi connectivity index (χ0v) is 12.3. The molecular formula is C14H16N6O2. The van der Waals surface area contributed by atoms with Crippen LogP contribution in [0.5, 0.6) is 0 Å². The van der Waals surface area contributed by atoms with Crippen LogP contribution >= 0.6 is 0 Å². The van der Waals surface area contributed by atoms with Crippen molar-refractivity contribution in [2.24, 2.45) is 5.92 Å². The van der Waals surface area contributed by atoms with Gasteiger partial charge in [-0.15, -0.1) is 5.10 Å². The second-order valence-electron chi connectivity index (χ2n) is 5.30. The Morgan fingerprint density at radius 3 is 2.95 bits per heavy atom. The number of rotatable bonds is 5. The molecule has 0 aliphatic rings. The molecule has 3 rings (SSSR count). The molecule has 3 aromatic heterocycles. The first-order chi connectivity index (χ1) is 10.6. The molecule has 0 spiro atoms. The molecule has 3 heterocycles. The third-order valence-corrected chi connectivity index (χ3v) is 2.96. The summed E-state index contributed by atoms with van der Waals surface area (Å²) in [6.45, 7) is 4.17. The number of amides is 1. The van der Waals surface area contributed by atoms with E-state index >= 15 is 0 Å². The second kappa shape index (κ2) is 5.84. The van der Waals surface area contributed by atoms with Crippen LogP contribution in [-0.2, 0) is 6.42 Å². The summed E-state index contributed by atoms with van der Waals surface area (Å²) in [4.78, 5) is 16.3. The summed E-state index contributed by atoms with van der Waals surface area (Å²) >= 11 is 0. The van der Waals surface area contributed by atoms with Gasteiger partial charge in [0, 0.05) is 12.5 Å². The van der Waals surface area contributed by atoms with Gasteiger partial charge in [0.05, 0.1) is 6.26 Å². The molecule has 8 heteroatoms. The number of aromatic amines is 2. The highest BCUT2D eigenvalue weighted by molar-refractivity contribution is 6.02. The number of aromatic nitrogens is 5. The summed E-state index contributed by atoms with van der Waals surface area (Å²) in [6.07, 6.45) is 2.33. The number of furan rings is 1. The van der Waals surface area contributed by atoms with Crippen molar-refractivity contribution in [2.45, 2.75) is 20.3 Å². The molecule has 0 saturated carbocycles. The predicted molar refractivity (Wildman–Crippen MR) is 79.2 cm³/mol. The second-order valence-corrected chi connectivity index (χ2v) is 5.30. The molecule has 0 aliphatic carbocycles. The van der Waals surface area contributed by atoms with Gasteiger partial charge < -0.3 is 4.42 Å². The number of nitrogens with zero attached hydrogens (tertiary/aromatic N) is 3. The van der Waals surface area contributed by atoms with E-state index in [1.165, 1.54) is 0 Å². The fourth-order valence-corrected chi connectivity index (χ4v) is 1.99. The maximum absolute atomic E-state index is 12.1. The number of carbonyl (C=O) groups is 1. The van der Waals surface area contributed by atoms with Crippen LogP contribution in [0.2, 0.25) is 0 Å². The standard InChI is InChI=1S/C14H16N6O2/c1-8(2)6-12-15-14(20-19-12)16-13(21)10-7-9(17-18-10)11-4-3-5-22-11/h3-5,7-8H,6H2,1-2H3,(H,17,18)(H2,15,16,19,20,21). The Morgan fingerprint density at radius 2 is 2.23 bits per heavy atom. The molecule has 0 fully saturated rings. The zero-order chi connectivity index (χ0) is 15.5. The number of H-pyrrole nitrogens is 2. The Morgan fingerprint density at radius 1 is 1.36 bits per heavy atom. The molecule has 0 saturated heterocycles. The molecule has 1 amide bonds. The van der Waals surface area contributed by atoms with Crippen LogP contribution in [-0.4, -0.2) is 31.3 Å². The minimum absolute atomic E-state index is 0.238. The third-order valence-electron chi connectivity index (χ3n) is 2.96. The van der Waals surface area contributed by atoms with Crippen LogP contribution in [0, 0.1) is 5.92 Å². The van der Waals surface area contributed by atoms with E-state index in [0.29, 0.717) is 17.4 Å². The quantitative estimate of drug-likeness (QED) is 0.669. The highest BCUT2D eigenvalue weighted by atomic mass is 16.3. The number of nitrogens with one attached hydrogen (secondary N) is 3. The lowest BCUT2D eigenvalue weighted by Gasteiger charge is -1.98. The fraction of sp³-hybridized carbons (Fsp3) is 0.286. The van der Waals surface area contributed by atoms with Crippen molar-refractivity contribution in [2.75, 3.05) is 5.32 Å². The van der Waals surface area contributed by atoms with Gasteiger partial charge >= 0.3 is 0 Å². The Kier molecular flexibility index (Phi) is 3.73. The lowest BCUT2D eigenvalue weighted by atomic mass is 10.1. The van der Waals surface area contributed by atoms with Gasteiger partial charge in [-0.2, -0.15) is 10.1 Å². The predicted octanol–water partition coefficient (Wildman–Crippen LogP) is 2.24. The highest BCUT2D eigenvalue weighted by Gasteiger charge is 2.15. The molecular weight excluding hydrogens is 284 g/mol. The molecule has 3 aromatic rings. The number of hydrogen-bond acceptors (Lipinski definition) is 5. The number of hydrogen-bond donors (Lipinski definition) is 3. The maximum Gasteiger partial charge on any atom is 0.278 e. The Bertz CT molecular complexity index is 756. The molecule has 8 nitrogen and oxygen atoms in total. The third kappa shape index (κ3) is 3.05. The summed E-state index contributed by atoms with van der Waals surface area (Å²) in [5, 5.41) is 16.1. The van der Waals surface area contributed by atoms with Crippen molar-refractivity contribution >= 4 is 11.9 Å². The van der Waals surface area contributed by atoms with E-state index in [1.54, 1.807) is 24.5 Å². The van der Waals surface area contributed by atoms with E-state index in [1.807, 2.05) is 0 Å². The maximum atomic E-state index is 12.1. The van der Waals surface area contributed by atoms with Gasteiger partial charge in [-0.25, -0.2) is 0 Å². The monoisotopic (exact) mass is 300 g/mol. The van der Waals surface area contributed by atoms with E-state index < -0.39 is 0 Å². The van der Waals surface area contributed by atoms with Gasteiger partial charge in [-0.1, -0.05) is 13.8 Å². The molecule has 0 atom stereocenters. The Hall–Kier alpha value is -2.90. The summed E-state index contributed by atoms with van der Waals surface area (Å²) in [5.74, 6) is 1.67. The summed E-state index contributed by atoms with van der Waals surface area (Å²) < 4.78 is 5.24. The van der Waals surface area contributed by atoms with Crippen LogP contribution < -0.4 is 5.32 Å². The molecule has 22 heavy (non-hydrogen) atoms. The zero-order valence-electron chi connectivity index (χ0n) is 12.3. The normalized spacial score (nSPS) is 11.0. The summed E-state index contributed by atoms with van der Waals surface area (Å²) in [5.41, 5.74) is 0.868. The van der Waals surface area contributed by atoms with Gasteiger partial charge in [0.2, 0.25) is 5.95 Å². The van der Waals surface area contributed by atoms with E-state index in [4.69, 9.17) is 4.42 Å². The first-order valence-electron chi connectivity index (χ1n) is 6.93. The minimum Gasteiger partial charge on any atom is -0.463 e. The molecule has 0 bridgehead atoms. The van der Waals surface area contributed by atoms with E-state index in [2.05, 4.69) is 44.5 Å². The van der Waals surface area contributed by atoms with Crippen molar-refractivity contribution in [3.05, 3.63) is 36.0 Å². The average molecular weight is 300 g/mol. The van der Waals surface area contributed by atoms with Crippen LogP contribution in [0.4, 0.5) is 5.95 Å². The Labute approximate surface area is 126 Å².